The summed E-state index contributed by atoms with van der Waals surface area (Å²) in [6.45, 7) is 2.22. The van der Waals surface area contributed by atoms with Gasteiger partial charge in [0.05, 0.1) is 5.56 Å². The number of alkyl halides is 1. The molecular formula is C16H14F3N. The molecule has 1 atom stereocenters. The van der Waals surface area contributed by atoms with Gasteiger partial charge in [0.1, 0.15) is 11.6 Å². The number of fused-ring (bicyclic) bond motifs is 1. The molecule has 1 heterocycles. The fourth-order valence-corrected chi connectivity index (χ4v) is 2.64. The van der Waals surface area contributed by atoms with Crippen LogP contribution in [0.1, 0.15) is 28.4 Å². The fourth-order valence-electron chi connectivity index (χ4n) is 2.64. The van der Waals surface area contributed by atoms with Crippen LogP contribution in [-0.4, -0.2) is 6.54 Å². The van der Waals surface area contributed by atoms with Crippen LogP contribution in [0.15, 0.2) is 30.3 Å². The predicted molar refractivity (Wildman–Crippen MR) is 72.7 cm³/mol. The molecule has 2 aromatic carbocycles. The average molecular weight is 277 g/mol. The summed E-state index contributed by atoms with van der Waals surface area (Å²) >= 11 is 0. The van der Waals surface area contributed by atoms with Gasteiger partial charge in [0, 0.05) is 17.8 Å². The first kappa shape index (κ1) is 13.0. The highest BCUT2D eigenvalue weighted by molar-refractivity contribution is 5.63. The standard InChI is InChI=1S/C16H14F3N/c1-9-5-6-12(17)13(14(9)18)15(19)11-4-2-3-10-7-8-20-16(10)11/h2-6,15,20H,7-8H2,1H3. The Morgan fingerprint density at radius 2 is 1.95 bits per heavy atom. The molecule has 1 aliphatic heterocycles. The molecule has 1 unspecified atom stereocenters. The second kappa shape index (κ2) is 4.85. The van der Waals surface area contributed by atoms with E-state index in [0.29, 0.717) is 11.3 Å². The molecule has 1 aliphatic rings. The highest BCUT2D eigenvalue weighted by Gasteiger charge is 2.27. The van der Waals surface area contributed by atoms with Gasteiger partial charge in [-0.1, -0.05) is 24.3 Å². The van der Waals surface area contributed by atoms with E-state index in [9.17, 15) is 13.2 Å². The van der Waals surface area contributed by atoms with Crippen molar-refractivity contribution in [3.8, 4) is 0 Å². The first-order chi connectivity index (χ1) is 9.59. The van der Waals surface area contributed by atoms with E-state index in [-0.39, 0.29) is 5.56 Å². The highest BCUT2D eigenvalue weighted by atomic mass is 19.2. The molecule has 0 radical (unpaired) electrons. The zero-order chi connectivity index (χ0) is 14.3. The van der Waals surface area contributed by atoms with Gasteiger partial charge in [0.15, 0.2) is 6.17 Å². The van der Waals surface area contributed by atoms with Crippen molar-refractivity contribution in [2.45, 2.75) is 19.5 Å². The maximum atomic E-state index is 14.7. The van der Waals surface area contributed by atoms with E-state index < -0.39 is 23.4 Å². The Hall–Kier alpha value is -1.97. The largest absolute Gasteiger partial charge is 0.384 e. The Morgan fingerprint density at radius 1 is 1.15 bits per heavy atom. The van der Waals surface area contributed by atoms with Crippen LogP contribution in [0.25, 0.3) is 0 Å². The summed E-state index contributed by atoms with van der Waals surface area (Å²) < 4.78 is 42.6. The number of aryl methyl sites for hydroxylation is 1. The molecule has 2 aromatic rings. The van der Waals surface area contributed by atoms with E-state index >= 15 is 0 Å². The lowest BCUT2D eigenvalue weighted by molar-refractivity contribution is 0.371. The normalized spacial score (nSPS) is 14.8. The Bertz CT molecular complexity index is 667. The number of halogens is 3. The number of benzene rings is 2. The molecular weight excluding hydrogens is 263 g/mol. The Labute approximate surface area is 115 Å². The lowest BCUT2D eigenvalue weighted by atomic mass is 9.96. The minimum absolute atomic E-state index is 0.240. The molecule has 0 aliphatic carbocycles. The second-order valence-corrected chi connectivity index (χ2v) is 5.01. The van der Waals surface area contributed by atoms with Gasteiger partial charge in [0.25, 0.3) is 0 Å². The summed E-state index contributed by atoms with van der Waals surface area (Å²) in [6.07, 6.45) is -1.01. The minimum Gasteiger partial charge on any atom is -0.384 e. The first-order valence-electron chi connectivity index (χ1n) is 6.54. The van der Waals surface area contributed by atoms with Crippen molar-refractivity contribution in [3.05, 3.63) is 64.2 Å². The third-order valence-corrected chi connectivity index (χ3v) is 3.73. The zero-order valence-corrected chi connectivity index (χ0v) is 11.0. The van der Waals surface area contributed by atoms with E-state index in [1.54, 1.807) is 12.1 Å². The minimum atomic E-state index is -1.81. The number of anilines is 1. The molecule has 4 heteroatoms. The number of rotatable bonds is 2. The number of hydrogen-bond acceptors (Lipinski definition) is 1. The van der Waals surface area contributed by atoms with E-state index in [4.69, 9.17) is 0 Å². The first-order valence-corrected chi connectivity index (χ1v) is 6.54. The molecule has 0 saturated carbocycles. The molecule has 3 rings (SSSR count). The Morgan fingerprint density at radius 3 is 2.75 bits per heavy atom. The summed E-state index contributed by atoms with van der Waals surface area (Å²) in [5, 5.41) is 3.09. The van der Waals surface area contributed by atoms with Crippen molar-refractivity contribution >= 4 is 5.69 Å². The maximum absolute atomic E-state index is 14.7. The van der Waals surface area contributed by atoms with Crippen molar-refractivity contribution in [3.63, 3.8) is 0 Å². The molecule has 0 aromatic heterocycles. The van der Waals surface area contributed by atoms with Crippen LogP contribution in [0.5, 0.6) is 0 Å². The molecule has 0 bridgehead atoms. The van der Waals surface area contributed by atoms with Gasteiger partial charge < -0.3 is 5.32 Å². The SMILES string of the molecule is Cc1ccc(F)c(C(F)c2cccc3c2NCC3)c1F. The molecule has 1 nitrogen and oxygen atoms in total. The van der Waals surface area contributed by atoms with Gasteiger partial charge >= 0.3 is 0 Å². The smallest absolute Gasteiger partial charge is 0.158 e. The molecule has 0 saturated heterocycles. The summed E-state index contributed by atoms with van der Waals surface area (Å²) in [4.78, 5) is 0. The quantitative estimate of drug-likeness (QED) is 0.863. The van der Waals surface area contributed by atoms with Crippen LogP contribution in [0.2, 0.25) is 0 Å². The molecule has 1 N–H and O–H groups in total. The van der Waals surface area contributed by atoms with Gasteiger partial charge in [-0.25, -0.2) is 13.2 Å². The monoisotopic (exact) mass is 277 g/mol. The van der Waals surface area contributed by atoms with Crippen LogP contribution >= 0.6 is 0 Å². The molecule has 0 fully saturated rings. The van der Waals surface area contributed by atoms with Crippen LogP contribution in [0.3, 0.4) is 0 Å². The van der Waals surface area contributed by atoms with Gasteiger partial charge in [-0.15, -0.1) is 0 Å². The predicted octanol–water partition coefficient (Wildman–Crippen LogP) is 4.30. The van der Waals surface area contributed by atoms with Gasteiger partial charge in [0.2, 0.25) is 0 Å². The number of nitrogens with one attached hydrogen (secondary N) is 1. The number of hydrogen-bond donors (Lipinski definition) is 1. The third-order valence-electron chi connectivity index (χ3n) is 3.73. The van der Waals surface area contributed by atoms with E-state index in [1.165, 1.54) is 13.0 Å². The topological polar surface area (TPSA) is 12.0 Å². The lowest BCUT2D eigenvalue weighted by Crippen LogP contribution is -2.06. The van der Waals surface area contributed by atoms with Gasteiger partial charge in [-0.2, -0.15) is 0 Å². The van der Waals surface area contributed by atoms with Crippen molar-refractivity contribution in [2.75, 3.05) is 11.9 Å². The van der Waals surface area contributed by atoms with Crippen molar-refractivity contribution in [1.82, 2.24) is 0 Å². The van der Waals surface area contributed by atoms with Crippen LogP contribution in [0, 0.1) is 18.6 Å². The van der Waals surface area contributed by atoms with Gasteiger partial charge in [-0.05, 0) is 30.5 Å². The third kappa shape index (κ3) is 1.96. The zero-order valence-electron chi connectivity index (χ0n) is 11.0. The summed E-state index contributed by atoms with van der Waals surface area (Å²) in [5.74, 6) is -1.66. The van der Waals surface area contributed by atoms with Crippen molar-refractivity contribution in [2.24, 2.45) is 0 Å². The fraction of sp³-hybridized carbons (Fsp3) is 0.250. The Balaban J connectivity index is 2.13. The molecule has 0 spiro atoms. The summed E-state index contributed by atoms with van der Waals surface area (Å²) in [6, 6.07) is 7.61. The maximum Gasteiger partial charge on any atom is 0.158 e. The van der Waals surface area contributed by atoms with Crippen LogP contribution < -0.4 is 5.32 Å². The van der Waals surface area contributed by atoms with E-state index in [0.717, 1.165) is 24.6 Å². The molecule has 104 valence electrons. The Kier molecular flexibility index (Phi) is 3.16. The van der Waals surface area contributed by atoms with Crippen molar-refractivity contribution < 1.29 is 13.2 Å². The van der Waals surface area contributed by atoms with Crippen LogP contribution in [0.4, 0.5) is 18.9 Å². The molecule has 0 amide bonds. The van der Waals surface area contributed by atoms with Gasteiger partial charge in [-0.3, -0.25) is 0 Å². The number of para-hydroxylation sites is 1. The highest BCUT2D eigenvalue weighted by Crippen LogP contribution is 2.38. The van der Waals surface area contributed by atoms with Crippen molar-refractivity contribution in [1.29, 1.82) is 0 Å². The van der Waals surface area contributed by atoms with E-state index in [2.05, 4.69) is 5.32 Å². The van der Waals surface area contributed by atoms with Crippen LogP contribution in [-0.2, 0) is 6.42 Å². The summed E-state index contributed by atoms with van der Waals surface area (Å²) in [5.41, 5.74) is 1.68. The lowest BCUT2D eigenvalue weighted by Gasteiger charge is -2.16. The molecule has 20 heavy (non-hydrogen) atoms. The summed E-state index contributed by atoms with van der Waals surface area (Å²) in [7, 11) is 0. The average Bonchev–Trinajstić information content (AvgIpc) is 2.91. The second-order valence-electron chi connectivity index (χ2n) is 5.01. The van der Waals surface area contributed by atoms with E-state index in [1.807, 2.05) is 6.07 Å².